The second kappa shape index (κ2) is 5.51. The van der Waals surface area contributed by atoms with Crippen molar-refractivity contribution in [3.8, 4) is 0 Å². The molecule has 4 nitrogen and oxygen atoms in total. The van der Waals surface area contributed by atoms with E-state index in [-0.39, 0.29) is 10.3 Å². The zero-order valence-corrected chi connectivity index (χ0v) is 13.2. The minimum atomic E-state index is -3.54. The molecule has 1 aromatic carbocycles. The van der Waals surface area contributed by atoms with Crippen molar-refractivity contribution in [2.24, 2.45) is 5.41 Å². The number of sulfonamides is 1. The van der Waals surface area contributed by atoms with Crippen LogP contribution in [0.15, 0.2) is 17.0 Å². The summed E-state index contributed by atoms with van der Waals surface area (Å²) in [5.41, 5.74) is 7.84. The molecule has 0 heterocycles. The van der Waals surface area contributed by atoms with Gasteiger partial charge in [0.05, 0.1) is 5.69 Å². The normalized spacial score (nSPS) is 12.7. The highest BCUT2D eigenvalue weighted by molar-refractivity contribution is 7.89. The Hall–Kier alpha value is -1.07. The molecule has 0 radical (unpaired) electrons. The molecule has 0 saturated heterocycles. The zero-order chi connectivity index (χ0) is 14.8. The van der Waals surface area contributed by atoms with Crippen molar-refractivity contribution >= 4 is 15.7 Å². The maximum Gasteiger partial charge on any atom is 0.242 e. The number of anilines is 1. The van der Waals surface area contributed by atoms with E-state index >= 15 is 0 Å². The molecule has 0 aromatic heterocycles. The number of benzene rings is 1. The summed E-state index contributed by atoms with van der Waals surface area (Å²) in [7, 11) is -3.54. The first kappa shape index (κ1) is 16.0. The summed E-state index contributed by atoms with van der Waals surface area (Å²) in [4.78, 5) is 0.210. The van der Waals surface area contributed by atoms with Gasteiger partial charge in [-0.1, -0.05) is 26.8 Å². The smallest absolute Gasteiger partial charge is 0.242 e. The first-order chi connectivity index (χ1) is 8.54. The topological polar surface area (TPSA) is 72.2 Å². The highest BCUT2D eigenvalue weighted by atomic mass is 32.2. The standard InChI is InChI=1S/C14H24N2O2S/c1-10-6-7-12(15)13(11(10)2)19(17,18)16-9-8-14(3,4)5/h6-7,16H,8-9,15H2,1-5H3. The van der Waals surface area contributed by atoms with E-state index in [1.807, 2.05) is 13.0 Å². The summed E-state index contributed by atoms with van der Waals surface area (Å²) in [6.07, 6.45) is 0.775. The third-order valence-electron chi connectivity index (χ3n) is 3.14. The average Bonchev–Trinajstić information content (AvgIpc) is 2.21. The van der Waals surface area contributed by atoms with E-state index < -0.39 is 10.0 Å². The summed E-state index contributed by atoms with van der Waals surface area (Å²) in [5, 5.41) is 0. The van der Waals surface area contributed by atoms with Crippen LogP contribution in [-0.4, -0.2) is 15.0 Å². The lowest BCUT2D eigenvalue weighted by Crippen LogP contribution is -2.28. The van der Waals surface area contributed by atoms with Gasteiger partial charge in [-0.25, -0.2) is 13.1 Å². The Kier molecular flexibility index (Phi) is 4.63. The molecule has 0 atom stereocenters. The number of hydrogen-bond donors (Lipinski definition) is 2. The lowest BCUT2D eigenvalue weighted by molar-refractivity contribution is 0.378. The van der Waals surface area contributed by atoms with Crippen LogP contribution in [0.1, 0.15) is 38.3 Å². The summed E-state index contributed by atoms with van der Waals surface area (Å²) in [5.74, 6) is 0. The molecule has 0 spiro atoms. The molecular formula is C14H24N2O2S. The Morgan fingerprint density at radius 3 is 2.32 bits per heavy atom. The highest BCUT2D eigenvalue weighted by Gasteiger charge is 2.21. The molecule has 1 rings (SSSR count). The van der Waals surface area contributed by atoms with Crippen molar-refractivity contribution in [2.45, 2.75) is 45.9 Å². The molecule has 108 valence electrons. The van der Waals surface area contributed by atoms with Gasteiger partial charge in [0.1, 0.15) is 4.90 Å². The molecule has 0 aliphatic carbocycles. The second-order valence-electron chi connectivity index (χ2n) is 6.13. The van der Waals surface area contributed by atoms with Gasteiger partial charge in [-0.05, 0) is 42.9 Å². The fourth-order valence-corrected chi connectivity index (χ4v) is 3.26. The van der Waals surface area contributed by atoms with E-state index in [1.54, 1.807) is 13.0 Å². The fourth-order valence-electron chi connectivity index (χ4n) is 1.80. The van der Waals surface area contributed by atoms with Crippen molar-refractivity contribution in [1.82, 2.24) is 4.72 Å². The molecule has 19 heavy (non-hydrogen) atoms. The van der Waals surface area contributed by atoms with Crippen molar-refractivity contribution in [3.05, 3.63) is 23.3 Å². The molecular weight excluding hydrogens is 260 g/mol. The van der Waals surface area contributed by atoms with Crippen LogP contribution in [-0.2, 0) is 10.0 Å². The van der Waals surface area contributed by atoms with Gasteiger partial charge in [0.25, 0.3) is 0 Å². The predicted molar refractivity (Wildman–Crippen MR) is 79.6 cm³/mol. The Balaban J connectivity index is 2.99. The Morgan fingerprint density at radius 2 is 1.79 bits per heavy atom. The largest absolute Gasteiger partial charge is 0.398 e. The maximum absolute atomic E-state index is 12.3. The van der Waals surface area contributed by atoms with Gasteiger partial charge in [0.15, 0.2) is 0 Å². The summed E-state index contributed by atoms with van der Waals surface area (Å²) in [6.45, 7) is 10.3. The first-order valence-corrected chi connectivity index (χ1v) is 7.88. The number of nitrogen functional groups attached to an aromatic ring is 1. The second-order valence-corrected chi connectivity index (χ2v) is 7.84. The van der Waals surface area contributed by atoms with Crippen LogP contribution in [0, 0.1) is 19.3 Å². The fraction of sp³-hybridized carbons (Fsp3) is 0.571. The molecule has 3 N–H and O–H groups in total. The molecule has 1 aromatic rings. The molecule has 0 aliphatic heterocycles. The van der Waals surface area contributed by atoms with E-state index in [1.165, 1.54) is 0 Å². The molecule has 0 bridgehead atoms. The quantitative estimate of drug-likeness (QED) is 0.835. The van der Waals surface area contributed by atoms with Gasteiger partial charge in [0.2, 0.25) is 10.0 Å². The highest BCUT2D eigenvalue weighted by Crippen LogP contribution is 2.25. The van der Waals surface area contributed by atoms with Crippen LogP contribution in [0.4, 0.5) is 5.69 Å². The minimum absolute atomic E-state index is 0.0930. The number of nitrogens with one attached hydrogen (secondary N) is 1. The van der Waals surface area contributed by atoms with E-state index in [9.17, 15) is 8.42 Å². The lowest BCUT2D eigenvalue weighted by atomic mass is 9.93. The number of nitrogens with two attached hydrogens (primary N) is 1. The van der Waals surface area contributed by atoms with Crippen LogP contribution < -0.4 is 10.5 Å². The Morgan fingerprint density at radius 1 is 1.21 bits per heavy atom. The van der Waals surface area contributed by atoms with Crippen LogP contribution in [0.3, 0.4) is 0 Å². The molecule has 0 fully saturated rings. The summed E-state index contributed by atoms with van der Waals surface area (Å²) >= 11 is 0. The molecule has 5 heteroatoms. The van der Waals surface area contributed by atoms with Crippen LogP contribution in [0.2, 0.25) is 0 Å². The number of hydrogen-bond acceptors (Lipinski definition) is 3. The van der Waals surface area contributed by atoms with E-state index in [0.29, 0.717) is 17.8 Å². The predicted octanol–water partition coefficient (Wildman–Crippen LogP) is 2.60. The third kappa shape index (κ3) is 4.21. The third-order valence-corrected chi connectivity index (χ3v) is 4.81. The monoisotopic (exact) mass is 284 g/mol. The maximum atomic E-state index is 12.3. The molecule has 0 saturated carbocycles. The molecule has 0 unspecified atom stereocenters. The summed E-state index contributed by atoms with van der Waals surface area (Å²) in [6, 6.07) is 3.47. The van der Waals surface area contributed by atoms with Crippen molar-refractivity contribution < 1.29 is 8.42 Å². The Bertz CT molecular complexity index is 558. The van der Waals surface area contributed by atoms with Crippen LogP contribution >= 0.6 is 0 Å². The lowest BCUT2D eigenvalue weighted by Gasteiger charge is -2.19. The average molecular weight is 284 g/mol. The van der Waals surface area contributed by atoms with Gasteiger partial charge in [-0.2, -0.15) is 0 Å². The number of aryl methyl sites for hydroxylation is 1. The van der Waals surface area contributed by atoms with Gasteiger partial charge in [-0.15, -0.1) is 0 Å². The van der Waals surface area contributed by atoms with Crippen LogP contribution in [0.25, 0.3) is 0 Å². The van der Waals surface area contributed by atoms with E-state index in [0.717, 1.165) is 12.0 Å². The van der Waals surface area contributed by atoms with Gasteiger partial charge in [-0.3, -0.25) is 0 Å². The van der Waals surface area contributed by atoms with Crippen LogP contribution in [0.5, 0.6) is 0 Å². The SMILES string of the molecule is Cc1ccc(N)c(S(=O)(=O)NCCC(C)(C)C)c1C. The van der Waals surface area contributed by atoms with Gasteiger partial charge >= 0.3 is 0 Å². The van der Waals surface area contributed by atoms with E-state index in [4.69, 9.17) is 5.73 Å². The first-order valence-electron chi connectivity index (χ1n) is 6.40. The summed E-state index contributed by atoms with van der Waals surface area (Å²) < 4.78 is 27.3. The van der Waals surface area contributed by atoms with Gasteiger partial charge < -0.3 is 5.73 Å². The van der Waals surface area contributed by atoms with E-state index in [2.05, 4.69) is 25.5 Å². The minimum Gasteiger partial charge on any atom is -0.398 e. The molecule has 0 aliphatic rings. The number of rotatable bonds is 4. The Labute approximate surface area is 116 Å². The van der Waals surface area contributed by atoms with Crippen molar-refractivity contribution in [3.63, 3.8) is 0 Å². The zero-order valence-electron chi connectivity index (χ0n) is 12.4. The van der Waals surface area contributed by atoms with Crippen molar-refractivity contribution in [1.29, 1.82) is 0 Å². The molecule has 0 amide bonds. The van der Waals surface area contributed by atoms with Gasteiger partial charge in [0, 0.05) is 6.54 Å². The van der Waals surface area contributed by atoms with Crippen molar-refractivity contribution in [2.75, 3.05) is 12.3 Å².